The molecule has 90 valence electrons. The van der Waals surface area contributed by atoms with Crippen molar-refractivity contribution in [2.75, 3.05) is 6.61 Å². The van der Waals surface area contributed by atoms with E-state index in [1.54, 1.807) is 0 Å². The van der Waals surface area contributed by atoms with E-state index in [9.17, 15) is 4.79 Å². The van der Waals surface area contributed by atoms with Crippen LogP contribution >= 0.6 is 0 Å². The average Bonchev–Trinajstić information content (AvgIpc) is 2.27. The molecular formula is C14H22O2. The molecule has 2 nitrogen and oxygen atoms in total. The van der Waals surface area contributed by atoms with Gasteiger partial charge in [0.05, 0.1) is 6.61 Å². The monoisotopic (exact) mass is 222 g/mol. The Bertz CT molecular complexity index is 249. The van der Waals surface area contributed by atoms with Crippen LogP contribution < -0.4 is 0 Å². The molecule has 0 aliphatic rings. The van der Waals surface area contributed by atoms with Crippen molar-refractivity contribution in [2.24, 2.45) is 0 Å². The van der Waals surface area contributed by atoms with E-state index >= 15 is 0 Å². The number of rotatable bonds is 8. The Balaban J connectivity index is 3.36. The van der Waals surface area contributed by atoms with Gasteiger partial charge in [0.2, 0.25) is 0 Å². The Morgan fingerprint density at radius 1 is 1.12 bits per heavy atom. The Morgan fingerprint density at radius 3 is 2.56 bits per heavy atom. The third-order valence-corrected chi connectivity index (χ3v) is 1.97. The lowest BCUT2D eigenvalue weighted by Gasteiger charge is -1.99. The number of carbonyl (C=O) groups is 1. The minimum absolute atomic E-state index is 0.0838. The predicted molar refractivity (Wildman–Crippen MR) is 68.2 cm³/mol. The standard InChI is InChI=1S/C14H22O2/c1-3-5-6-7-8-9-10-11-12-13-14(15)16-4-2/h3,5-9H,4,10-13H2,1-2H3/b5-3+,7-6+,9-8-. The largest absolute Gasteiger partial charge is 0.466 e. The number of hydrogen-bond donors (Lipinski definition) is 0. The van der Waals surface area contributed by atoms with E-state index in [0.717, 1.165) is 19.3 Å². The van der Waals surface area contributed by atoms with Gasteiger partial charge in [0, 0.05) is 6.42 Å². The van der Waals surface area contributed by atoms with E-state index in [-0.39, 0.29) is 5.97 Å². The van der Waals surface area contributed by atoms with Crippen LogP contribution in [0.15, 0.2) is 36.5 Å². The molecule has 0 saturated carbocycles. The molecule has 0 aromatic heterocycles. The summed E-state index contributed by atoms with van der Waals surface area (Å²) >= 11 is 0. The van der Waals surface area contributed by atoms with Crippen LogP contribution in [0.2, 0.25) is 0 Å². The molecule has 0 saturated heterocycles. The van der Waals surface area contributed by atoms with Crippen molar-refractivity contribution in [2.45, 2.75) is 39.5 Å². The molecule has 0 aliphatic carbocycles. The van der Waals surface area contributed by atoms with Gasteiger partial charge in [0.25, 0.3) is 0 Å². The van der Waals surface area contributed by atoms with E-state index in [2.05, 4.69) is 6.08 Å². The van der Waals surface area contributed by atoms with Crippen LogP contribution in [0.25, 0.3) is 0 Å². The van der Waals surface area contributed by atoms with Crippen LogP contribution in [0, 0.1) is 0 Å². The summed E-state index contributed by atoms with van der Waals surface area (Å²) in [6, 6.07) is 0. The smallest absolute Gasteiger partial charge is 0.305 e. The lowest BCUT2D eigenvalue weighted by Crippen LogP contribution is -2.02. The second kappa shape index (κ2) is 11.8. The fourth-order valence-electron chi connectivity index (χ4n) is 1.18. The maximum atomic E-state index is 11.0. The molecule has 0 aromatic rings. The van der Waals surface area contributed by atoms with Gasteiger partial charge in [0.1, 0.15) is 0 Å². The molecule has 2 heteroatoms. The first-order chi connectivity index (χ1) is 7.81. The van der Waals surface area contributed by atoms with E-state index in [1.807, 2.05) is 44.2 Å². The van der Waals surface area contributed by atoms with Crippen molar-refractivity contribution in [3.8, 4) is 0 Å². The molecule has 0 rings (SSSR count). The first-order valence-electron chi connectivity index (χ1n) is 5.91. The normalized spacial score (nSPS) is 11.9. The summed E-state index contributed by atoms with van der Waals surface area (Å²) < 4.78 is 4.84. The molecule has 0 aromatic carbocycles. The van der Waals surface area contributed by atoms with Gasteiger partial charge in [-0.25, -0.2) is 0 Å². The first-order valence-corrected chi connectivity index (χ1v) is 5.91. The molecule has 0 radical (unpaired) electrons. The molecular weight excluding hydrogens is 200 g/mol. The SMILES string of the molecule is C/C=C/C=C/C=C\CCCCC(=O)OCC. The summed E-state index contributed by atoms with van der Waals surface area (Å²) in [4.78, 5) is 11.0. The molecule has 0 fully saturated rings. The second-order valence-electron chi connectivity index (χ2n) is 3.39. The Labute approximate surface area is 98.7 Å². The van der Waals surface area contributed by atoms with Crippen LogP contribution in [-0.2, 0) is 9.53 Å². The van der Waals surface area contributed by atoms with Crippen molar-refractivity contribution in [1.82, 2.24) is 0 Å². The van der Waals surface area contributed by atoms with Crippen LogP contribution in [0.4, 0.5) is 0 Å². The minimum atomic E-state index is -0.0838. The maximum Gasteiger partial charge on any atom is 0.305 e. The second-order valence-corrected chi connectivity index (χ2v) is 3.39. The van der Waals surface area contributed by atoms with Crippen molar-refractivity contribution in [3.63, 3.8) is 0 Å². The summed E-state index contributed by atoms with van der Waals surface area (Å²) in [6.45, 7) is 4.30. The van der Waals surface area contributed by atoms with Gasteiger partial charge in [-0.1, -0.05) is 36.5 Å². The van der Waals surface area contributed by atoms with E-state index < -0.39 is 0 Å². The van der Waals surface area contributed by atoms with Crippen LogP contribution in [0.5, 0.6) is 0 Å². The van der Waals surface area contributed by atoms with Crippen LogP contribution in [0.1, 0.15) is 39.5 Å². The molecule has 0 aliphatic heterocycles. The van der Waals surface area contributed by atoms with Gasteiger partial charge in [-0.15, -0.1) is 0 Å². The molecule has 0 unspecified atom stereocenters. The van der Waals surface area contributed by atoms with Crippen molar-refractivity contribution >= 4 is 5.97 Å². The number of esters is 1. The molecule has 0 N–H and O–H groups in total. The number of ether oxygens (including phenoxy) is 1. The van der Waals surface area contributed by atoms with Gasteiger partial charge in [-0.3, -0.25) is 4.79 Å². The Kier molecular flexibility index (Phi) is 10.8. The summed E-state index contributed by atoms with van der Waals surface area (Å²) in [6.07, 6.45) is 15.6. The summed E-state index contributed by atoms with van der Waals surface area (Å²) in [5, 5.41) is 0. The van der Waals surface area contributed by atoms with Gasteiger partial charge in [-0.05, 0) is 33.1 Å². The van der Waals surface area contributed by atoms with Gasteiger partial charge in [0.15, 0.2) is 0 Å². The lowest BCUT2D eigenvalue weighted by molar-refractivity contribution is -0.143. The molecule has 0 atom stereocenters. The highest BCUT2D eigenvalue weighted by molar-refractivity contribution is 5.69. The highest BCUT2D eigenvalue weighted by atomic mass is 16.5. The van der Waals surface area contributed by atoms with Crippen molar-refractivity contribution in [3.05, 3.63) is 36.5 Å². The first kappa shape index (κ1) is 14.7. The summed E-state index contributed by atoms with van der Waals surface area (Å²) in [7, 11) is 0. The summed E-state index contributed by atoms with van der Waals surface area (Å²) in [5.41, 5.74) is 0. The number of carbonyl (C=O) groups excluding carboxylic acids is 1. The maximum absolute atomic E-state index is 11.0. The molecule has 0 heterocycles. The Morgan fingerprint density at radius 2 is 1.88 bits per heavy atom. The van der Waals surface area contributed by atoms with Crippen molar-refractivity contribution < 1.29 is 9.53 Å². The van der Waals surface area contributed by atoms with E-state index in [4.69, 9.17) is 4.74 Å². The fraction of sp³-hybridized carbons (Fsp3) is 0.500. The number of unbranched alkanes of at least 4 members (excludes halogenated alkanes) is 2. The van der Waals surface area contributed by atoms with Gasteiger partial charge in [-0.2, -0.15) is 0 Å². The van der Waals surface area contributed by atoms with Gasteiger partial charge >= 0.3 is 5.97 Å². The highest BCUT2D eigenvalue weighted by Gasteiger charge is 1.99. The molecule has 0 amide bonds. The third-order valence-electron chi connectivity index (χ3n) is 1.97. The van der Waals surface area contributed by atoms with E-state index in [0.29, 0.717) is 13.0 Å². The minimum Gasteiger partial charge on any atom is -0.466 e. The average molecular weight is 222 g/mol. The van der Waals surface area contributed by atoms with Crippen molar-refractivity contribution in [1.29, 1.82) is 0 Å². The lowest BCUT2D eigenvalue weighted by atomic mass is 10.2. The zero-order chi connectivity index (χ0) is 12.1. The van der Waals surface area contributed by atoms with E-state index in [1.165, 1.54) is 0 Å². The zero-order valence-corrected chi connectivity index (χ0v) is 10.3. The zero-order valence-electron chi connectivity index (χ0n) is 10.3. The molecule has 16 heavy (non-hydrogen) atoms. The Hall–Kier alpha value is -1.31. The van der Waals surface area contributed by atoms with Crippen LogP contribution in [0.3, 0.4) is 0 Å². The quantitative estimate of drug-likeness (QED) is 0.355. The number of hydrogen-bond acceptors (Lipinski definition) is 2. The number of allylic oxidation sites excluding steroid dienone is 6. The molecule has 0 bridgehead atoms. The summed E-state index contributed by atoms with van der Waals surface area (Å²) in [5.74, 6) is -0.0838. The predicted octanol–water partition coefficient (Wildman–Crippen LogP) is 3.80. The van der Waals surface area contributed by atoms with Gasteiger partial charge < -0.3 is 4.74 Å². The molecule has 0 spiro atoms. The topological polar surface area (TPSA) is 26.3 Å². The third kappa shape index (κ3) is 10.8. The highest BCUT2D eigenvalue weighted by Crippen LogP contribution is 2.02. The van der Waals surface area contributed by atoms with Crippen LogP contribution in [-0.4, -0.2) is 12.6 Å². The fourth-order valence-corrected chi connectivity index (χ4v) is 1.18.